The third-order valence-electron chi connectivity index (χ3n) is 4.11. The molecule has 1 heteroatoms. The fourth-order valence-electron chi connectivity index (χ4n) is 3.22. The van der Waals surface area contributed by atoms with Crippen molar-refractivity contribution in [3.05, 3.63) is 23.5 Å². The number of hydrogen-bond acceptors (Lipinski definition) is 1. The van der Waals surface area contributed by atoms with Gasteiger partial charge in [-0.3, -0.25) is 0 Å². The molecule has 0 spiro atoms. The Kier molecular flexibility index (Phi) is 4.23. The Hall–Kier alpha value is -0.720. The molecule has 0 saturated heterocycles. The highest BCUT2D eigenvalue weighted by Crippen LogP contribution is 2.49. The molecule has 0 amide bonds. The van der Waals surface area contributed by atoms with E-state index in [1.54, 1.807) is 0 Å². The first-order chi connectivity index (χ1) is 7.46. The maximum absolute atomic E-state index is 5.73. The van der Waals surface area contributed by atoms with E-state index in [-0.39, 0.29) is 5.41 Å². The monoisotopic (exact) mass is 222 g/mol. The molecule has 0 unspecified atom stereocenters. The van der Waals surface area contributed by atoms with E-state index in [9.17, 15) is 0 Å². The molecule has 0 radical (unpaired) electrons. The number of allylic oxidation sites excluding steroid dienone is 4. The SMILES string of the molecule is C/C=C\C1=C(C)OCCC1(C(C)C)C(C)C. The van der Waals surface area contributed by atoms with Crippen molar-refractivity contribution < 1.29 is 4.74 Å². The van der Waals surface area contributed by atoms with Crippen molar-refractivity contribution in [1.82, 2.24) is 0 Å². The van der Waals surface area contributed by atoms with Crippen molar-refractivity contribution in [2.24, 2.45) is 17.3 Å². The van der Waals surface area contributed by atoms with Crippen LogP contribution in [0.5, 0.6) is 0 Å². The smallest absolute Gasteiger partial charge is 0.0966 e. The maximum Gasteiger partial charge on any atom is 0.0966 e. The highest BCUT2D eigenvalue weighted by molar-refractivity contribution is 5.32. The maximum atomic E-state index is 5.73. The number of hydrogen-bond donors (Lipinski definition) is 0. The quantitative estimate of drug-likeness (QED) is 0.680. The van der Waals surface area contributed by atoms with Gasteiger partial charge in [-0.2, -0.15) is 0 Å². The van der Waals surface area contributed by atoms with E-state index in [0.717, 1.165) is 18.8 Å². The fraction of sp³-hybridized carbons (Fsp3) is 0.733. The molecule has 0 aromatic carbocycles. The highest BCUT2D eigenvalue weighted by Gasteiger charge is 2.42. The largest absolute Gasteiger partial charge is 0.498 e. The van der Waals surface area contributed by atoms with Crippen LogP contribution in [0, 0.1) is 17.3 Å². The Labute approximate surface area is 101 Å². The van der Waals surface area contributed by atoms with Crippen LogP contribution < -0.4 is 0 Å². The van der Waals surface area contributed by atoms with E-state index in [2.05, 4.69) is 53.7 Å². The van der Waals surface area contributed by atoms with Gasteiger partial charge < -0.3 is 4.74 Å². The van der Waals surface area contributed by atoms with Gasteiger partial charge in [-0.1, -0.05) is 39.8 Å². The standard InChI is InChI=1S/C15H26O/c1-7-8-14-13(6)16-10-9-15(14,11(2)3)12(4)5/h7-8,11-12H,9-10H2,1-6H3/b8-7-. The van der Waals surface area contributed by atoms with Crippen molar-refractivity contribution in [3.8, 4) is 0 Å². The van der Waals surface area contributed by atoms with Crippen LogP contribution in [0.15, 0.2) is 23.5 Å². The lowest BCUT2D eigenvalue weighted by molar-refractivity contribution is 0.0598. The van der Waals surface area contributed by atoms with Crippen molar-refractivity contribution in [1.29, 1.82) is 0 Å². The summed E-state index contributed by atoms with van der Waals surface area (Å²) < 4.78 is 5.73. The first-order valence-corrected chi connectivity index (χ1v) is 6.43. The molecule has 16 heavy (non-hydrogen) atoms. The van der Waals surface area contributed by atoms with E-state index in [1.807, 2.05) is 0 Å². The average molecular weight is 222 g/mol. The average Bonchev–Trinajstić information content (AvgIpc) is 2.20. The molecule has 0 aliphatic carbocycles. The molecule has 1 aliphatic heterocycles. The van der Waals surface area contributed by atoms with Crippen LogP contribution in [-0.2, 0) is 4.74 Å². The lowest BCUT2D eigenvalue weighted by Gasteiger charge is -2.46. The first kappa shape index (κ1) is 13.3. The molecule has 0 aromatic heterocycles. The summed E-state index contributed by atoms with van der Waals surface area (Å²) in [4.78, 5) is 0. The summed E-state index contributed by atoms with van der Waals surface area (Å²) in [7, 11) is 0. The Bertz CT molecular complexity index is 287. The molecule has 92 valence electrons. The zero-order valence-corrected chi connectivity index (χ0v) is 11.6. The van der Waals surface area contributed by atoms with E-state index < -0.39 is 0 Å². The predicted molar refractivity (Wildman–Crippen MR) is 70.2 cm³/mol. The van der Waals surface area contributed by atoms with Gasteiger partial charge >= 0.3 is 0 Å². The van der Waals surface area contributed by atoms with Crippen molar-refractivity contribution in [3.63, 3.8) is 0 Å². The van der Waals surface area contributed by atoms with Gasteiger partial charge in [-0.15, -0.1) is 0 Å². The van der Waals surface area contributed by atoms with Crippen molar-refractivity contribution in [2.45, 2.75) is 48.0 Å². The van der Waals surface area contributed by atoms with Gasteiger partial charge in [0.25, 0.3) is 0 Å². The van der Waals surface area contributed by atoms with Crippen molar-refractivity contribution >= 4 is 0 Å². The van der Waals surface area contributed by atoms with Gasteiger partial charge in [-0.05, 0) is 37.7 Å². The molecule has 0 bridgehead atoms. The number of rotatable bonds is 3. The van der Waals surface area contributed by atoms with Gasteiger partial charge in [0.05, 0.1) is 12.4 Å². The van der Waals surface area contributed by atoms with Crippen LogP contribution >= 0.6 is 0 Å². The lowest BCUT2D eigenvalue weighted by atomic mass is 9.61. The van der Waals surface area contributed by atoms with Crippen LogP contribution in [0.25, 0.3) is 0 Å². The van der Waals surface area contributed by atoms with Crippen LogP contribution in [-0.4, -0.2) is 6.61 Å². The summed E-state index contributed by atoms with van der Waals surface area (Å²) in [5, 5.41) is 0. The molecule has 1 heterocycles. The topological polar surface area (TPSA) is 9.23 Å². The summed E-state index contributed by atoms with van der Waals surface area (Å²) >= 11 is 0. The minimum atomic E-state index is 0.287. The third-order valence-corrected chi connectivity index (χ3v) is 4.11. The number of ether oxygens (including phenoxy) is 1. The first-order valence-electron chi connectivity index (χ1n) is 6.43. The van der Waals surface area contributed by atoms with Gasteiger partial charge in [0.15, 0.2) is 0 Å². The molecule has 0 saturated carbocycles. The molecule has 1 aliphatic rings. The Balaban J connectivity index is 3.30. The van der Waals surface area contributed by atoms with Crippen LogP contribution in [0.4, 0.5) is 0 Å². The Morgan fingerprint density at radius 2 is 1.75 bits per heavy atom. The second-order valence-electron chi connectivity index (χ2n) is 5.42. The lowest BCUT2D eigenvalue weighted by Crippen LogP contribution is -2.39. The molecule has 0 N–H and O–H groups in total. The second-order valence-corrected chi connectivity index (χ2v) is 5.42. The minimum absolute atomic E-state index is 0.287. The van der Waals surface area contributed by atoms with E-state index in [0.29, 0.717) is 11.8 Å². The highest BCUT2D eigenvalue weighted by atomic mass is 16.5. The molecular formula is C15H26O. The second kappa shape index (κ2) is 5.07. The normalized spacial score (nSPS) is 21.0. The van der Waals surface area contributed by atoms with Crippen LogP contribution in [0.2, 0.25) is 0 Å². The predicted octanol–water partition coefficient (Wildman–Crippen LogP) is 4.56. The summed E-state index contributed by atoms with van der Waals surface area (Å²) in [5.41, 5.74) is 1.70. The van der Waals surface area contributed by atoms with Gasteiger partial charge in [0.2, 0.25) is 0 Å². The Morgan fingerprint density at radius 1 is 1.19 bits per heavy atom. The van der Waals surface area contributed by atoms with Crippen molar-refractivity contribution in [2.75, 3.05) is 6.61 Å². The van der Waals surface area contributed by atoms with Crippen LogP contribution in [0.1, 0.15) is 48.0 Å². The zero-order chi connectivity index (χ0) is 12.3. The van der Waals surface area contributed by atoms with Gasteiger partial charge in [0.1, 0.15) is 0 Å². The molecule has 0 fully saturated rings. The summed E-state index contributed by atoms with van der Waals surface area (Å²) in [6.45, 7) is 14.4. The minimum Gasteiger partial charge on any atom is -0.498 e. The third kappa shape index (κ3) is 2.05. The van der Waals surface area contributed by atoms with Crippen LogP contribution in [0.3, 0.4) is 0 Å². The summed E-state index contributed by atoms with van der Waals surface area (Å²) in [6.07, 6.45) is 5.51. The molecule has 0 atom stereocenters. The van der Waals surface area contributed by atoms with E-state index in [1.165, 1.54) is 5.57 Å². The Morgan fingerprint density at radius 3 is 2.19 bits per heavy atom. The molecule has 1 nitrogen and oxygen atoms in total. The summed E-state index contributed by atoms with van der Waals surface area (Å²) in [5.74, 6) is 2.42. The van der Waals surface area contributed by atoms with E-state index in [4.69, 9.17) is 4.74 Å². The van der Waals surface area contributed by atoms with E-state index >= 15 is 0 Å². The zero-order valence-electron chi connectivity index (χ0n) is 11.6. The van der Waals surface area contributed by atoms with Gasteiger partial charge in [0, 0.05) is 5.41 Å². The summed E-state index contributed by atoms with van der Waals surface area (Å²) in [6, 6.07) is 0. The molecule has 1 rings (SSSR count). The molecular weight excluding hydrogens is 196 g/mol. The molecule has 0 aromatic rings. The fourth-order valence-corrected chi connectivity index (χ4v) is 3.22. The van der Waals surface area contributed by atoms with Gasteiger partial charge in [-0.25, -0.2) is 0 Å².